The van der Waals surface area contributed by atoms with Crippen molar-refractivity contribution in [1.29, 1.82) is 5.26 Å². The molecule has 0 atom stereocenters. The van der Waals surface area contributed by atoms with Crippen LogP contribution in [-0.4, -0.2) is 15.7 Å². The Bertz CT molecular complexity index is 1020. The number of H-pyrrole nitrogens is 1. The number of fused-ring (bicyclic) bond motifs is 1. The zero-order valence-electron chi connectivity index (χ0n) is 14.2. The van der Waals surface area contributed by atoms with Crippen molar-refractivity contribution < 1.29 is 4.92 Å². The molecule has 0 spiro atoms. The predicted octanol–water partition coefficient (Wildman–Crippen LogP) is 5.49. The molecule has 1 heterocycles. The highest BCUT2D eigenvalue weighted by molar-refractivity contribution is 8.00. The van der Waals surface area contributed by atoms with Gasteiger partial charge in [0, 0.05) is 22.5 Å². The molecule has 0 bridgehead atoms. The Morgan fingerprint density at radius 2 is 2.15 bits per heavy atom. The zero-order chi connectivity index (χ0) is 18.7. The number of aryl methyl sites for hydroxylation is 1. The number of hydrogen-bond donors (Lipinski definition) is 2. The van der Waals surface area contributed by atoms with Crippen molar-refractivity contribution in [3.63, 3.8) is 0 Å². The average molecular weight is 384 g/mol. The van der Waals surface area contributed by atoms with E-state index in [9.17, 15) is 15.4 Å². The zero-order valence-corrected chi connectivity index (χ0v) is 15.8. The predicted molar refractivity (Wildman–Crippen MR) is 107 cm³/mol. The first-order valence-corrected chi connectivity index (χ1v) is 9.70. The molecular weight excluding hydrogens is 368 g/mol. The van der Waals surface area contributed by atoms with E-state index >= 15 is 0 Å². The van der Waals surface area contributed by atoms with E-state index in [1.807, 2.05) is 32.0 Å². The maximum Gasteiger partial charge on any atom is 0.284 e. The van der Waals surface area contributed by atoms with E-state index < -0.39 is 0 Å². The second-order valence-electron chi connectivity index (χ2n) is 5.52. The summed E-state index contributed by atoms with van der Waals surface area (Å²) in [6.45, 7) is 3.93. The van der Waals surface area contributed by atoms with Crippen LogP contribution in [0.2, 0.25) is 0 Å². The van der Waals surface area contributed by atoms with Crippen LogP contribution in [0.1, 0.15) is 18.1 Å². The van der Waals surface area contributed by atoms with Gasteiger partial charge in [0.05, 0.1) is 26.6 Å². The number of aromatic amines is 1. The maximum absolute atomic E-state index is 11.3. The summed E-state index contributed by atoms with van der Waals surface area (Å²) in [5.41, 5.74) is 3.41. The van der Waals surface area contributed by atoms with Gasteiger partial charge >= 0.3 is 0 Å². The minimum absolute atomic E-state index is 0.115. The first-order chi connectivity index (χ1) is 12.5. The largest absolute Gasteiger partial charge is 0.358 e. The minimum Gasteiger partial charge on any atom is -0.358 e. The molecule has 0 aliphatic heterocycles. The number of thioether (sulfide) groups is 1. The Balaban J connectivity index is 1.88. The van der Waals surface area contributed by atoms with E-state index in [1.165, 1.54) is 23.7 Å². The fourth-order valence-corrected chi connectivity index (χ4v) is 4.15. The van der Waals surface area contributed by atoms with Crippen molar-refractivity contribution in [2.45, 2.75) is 23.6 Å². The third-order valence-corrected chi connectivity index (χ3v) is 5.63. The molecule has 3 rings (SSSR count). The van der Waals surface area contributed by atoms with Gasteiger partial charge in [0.2, 0.25) is 0 Å². The number of nitrogens with zero attached hydrogens (tertiary/aromatic N) is 2. The lowest BCUT2D eigenvalue weighted by molar-refractivity contribution is -0.387. The second-order valence-corrected chi connectivity index (χ2v) is 7.70. The number of rotatable bonds is 6. The Kier molecular flexibility index (Phi) is 5.40. The van der Waals surface area contributed by atoms with Crippen LogP contribution in [0.3, 0.4) is 0 Å². The number of hydrogen-bond acceptors (Lipinski definition) is 6. The van der Waals surface area contributed by atoms with Crippen molar-refractivity contribution in [1.82, 2.24) is 4.98 Å². The molecule has 8 heteroatoms. The van der Waals surface area contributed by atoms with Gasteiger partial charge in [0.1, 0.15) is 6.07 Å². The number of nitro groups is 1. The summed E-state index contributed by atoms with van der Waals surface area (Å²) in [7, 11) is 0. The molecule has 0 unspecified atom stereocenters. The van der Waals surface area contributed by atoms with Crippen molar-refractivity contribution in [2.24, 2.45) is 0 Å². The molecule has 0 saturated carbocycles. The third kappa shape index (κ3) is 3.49. The average Bonchev–Trinajstić information content (AvgIpc) is 3.07. The normalized spacial score (nSPS) is 10.7. The molecule has 2 N–H and O–H groups in total. The van der Waals surface area contributed by atoms with E-state index in [2.05, 4.69) is 15.8 Å². The van der Waals surface area contributed by atoms with Crippen LogP contribution in [0.25, 0.3) is 10.9 Å². The van der Waals surface area contributed by atoms with Crippen LogP contribution < -0.4 is 4.72 Å². The molecule has 3 aromatic rings. The molecule has 26 heavy (non-hydrogen) atoms. The van der Waals surface area contributed by atoms with Crippen LogP contribution in [0.15, 0.2) is 46.3 Å². The fourth-order valence-electron chi connectivity index (χ4n) is 2.69. The summed E-state index contributed by atoms with van der Waals surface area (Å²) in [6, 6.07) is 11.3. The Morgan fingerprint density at radius 1 is 1.35 bits per heavy atom. The molecule has 0 amide bonds. The molecule has 0 aliphatic rings. The molecule has 2 aromatic carbocycles. The smallest absolute Gasteiger partial charge is 0.284 e. The molecule has 132 valence electrons. The van der Waals surface area contributed by atoms with Crippen LogP contribution in [0.5, 0.6) is 0 Å². The fraction of sp³-hybridized carbons (Fsp3) is 0.167. The minimum atomic E-state index is -0.351. The molecule has 0 aliphatic carbocycles. The van der Waals surface area contributed by atoms with E-state index in [0.717, 1.165) is 32.8 Å². The monoisotopic (exact) mass is 384 g/mol. The summed E-state index contributed by atoms with van der Waals surface area (Å²) in [5, 5.41) is 21.4. The van der Waals surface area contributed by atoms with Gasteiger partial charge in [-0.3, -0.25) is 10.1 Å². The molecule has 0 fully saturated rings. The van der Waals surface area contributed by atoms with Crippen molar-refractivity contribution >= 4 is 46.0 Å². The molecule has 0 radical (unpaired) electrons. The number of aromatic nitrogens is 1. The molecule has 0 saturated heterocycles. The SMILES string of the molecule is CCSc1ccc(SNc2ccc(C)c3c(C#N)c[nH]c23)cc1[N+](=O)[O-]. The molecule has 6 nitrogen and oxygen atoms in total. The Labute approximate surface area is 159 Å². The quantitative estimate of drug-likeness (QED) is 0.253. The lowest BCUT2D eigenvalue weighted by atomic mass is 10.1. The summed E-state index contributed by atoms with van der Waals surface area (Å²) in [5.74, 6) is 0.779. The van der Waals surface area contributed by atoms with Crippen LogP contribution in [0, 0.1) is 28.4 Å². The number of nitro benzene ring substituents is 1. The first kappa shape index (κ1) is 18.2. The lowest BCUT2D eigenvalue weighted by Crippen LogP contribution is -1.94. The highest BCUT2D eigenvalue weighted by Crippen LogP contribution is 2.35. The second kappa shape index (κ2) is 7.72. The van der Waals surface area contributed by atoms with Gasteiger partial charge in [-0.25, -0.2) is 0 Å². The number of anilines is 1. The van der Waals surface area contributed by atoms with Gasteiger partial charge in [-0.15, -0.1) is 11.8 Å². The van der Waals surface area contributed by atoms with E-state index in [-0.39, 0.29) is 10.6 Å². The molecule has 1 aromatic heterocycles. The first-order valence-electron chi connectivity index (χ1n) is 7.90. The van der Waals surface area contributed by atoms with E-state index in [1.54, 1.807) is 18.3 Å². The lowest BCUT2D eigenvalue weighted by Gasteiger charge is -2.09. The molecular formula is C18H16N4O2S2. The van der Waals surface area contributed by atoms with Gasteiger partial charge in [-0.2, -0.15) is 5.26 Å². The van der Waals surface area contributed by atoms with Crippen LogP contribution in [-0.2, 0) is 0 Å². The summed E-state index contributed by atoms with van der Waals surface area (Å²) in [6.07, 6.45) is 1.69. The van der Waals surface area contributed by atoms with Gasteiger partial charge in [-0.05, 0) is 48.4 Å². The van der Waals surface area contributed by atoms with E-state index in [4.69, 9.17) is 0 Å². The number of nitriles is 1. The van der Waals surface area contributed by atoms with Crippen LogP contribution in [0.4, 0.5) is 11.4 Å². The van der Waals surface area contributed by atoms with Crippen molar-refractivity contribution in [3.05, 3.63) is 57.8 Å². The summed E-state index contributed by atoms with van der Waals surface area (Å²) >= 11 is 2.76. The van der Waals surface area contributed by atoms with Crippen molar-refractivity contribution in [3.8, 4) is 6.07 Å². The highest BCUT2D eigenvalue weighted by Gasteiger charge is 2.15. The standard InChI is InChI=1S/C18H16N4O2S2/c1-3-25-16-7-5-13(8-15(16)22(23)24)26-21-14-6-4-11(2)17-12(9-19)10-20-18(14)17/h4-8,10,20-21H,3H2,1-2H3. The summed E-state index contributed by atoms with van der Waals surface area (Å²) in [4.78, 5) is 15.5. The van der Waals surface area contributed by atoms with Gasteiger partial charge in [-0.1, -0.05) is 13.0 Å². The van der Waals surface area contributed by atoms with Gasteiger partial charge in [0.15, 0.2) is 0 Å². The summed E-state index contributed by atoms with van der Waals surface area (Å²) < 4.78 is 3.23. The maximum atomic E-state index is 11.3. The Hall–Kier alpha value is -2.63. The number of benzene rings is 2. The third-order valence-electron chi connectivity index (χ3n) is 3.87. The van der Waals surface area contributed by atoms with Gasteiger partial charge < -0.3 is 9.71 Å². The Morgan fingerprint density at radius 3 is 2.85 bits per heavy atom. The number of nitrogens with one attached hydrogen (secondary N) is 2. The van der Waals surface area contributed by atoms with Crippen molar-refractivity contribution in [2.75, 3.05) is 10.5 Å². The van der Waals surface area contributed by atoms with Crippen LogP contribution >= 0.6 is 23.7 Å². The highest BCUT2D eigenvalue weighted by atomic mass is 32.2. The van der Waals surface area contributed by atoms with Gasteiger partial charge in [0.25, 0.3) is 5.69 Å². The topological polar surface area (TPSA) is 94.8 Å². The van der Waals surface area contributed by atoms with E-state index in [0.29, 0.717) is 10.5 Å².